The van der Waals surface area contributed by atoms with Gasteiger partial charge in [0, 0.05) is 31.4 Å². The number of hydrogen-bond donors (Lipinski definition) is 1. The Bertz CT molecular complexity index is 438. The summed E-state index contributed by atoms with van der Waals surface area (Å²) in [6.45, 7) is 5.15. The standard InChI is InChI=1S/C12H16ClN3S/c1-8-10(13)6-11-12(15-8)16-4-3-14-7-9(16)2-5-17-11/h6,9,14H,2-5,7H2,1H3/t9-/m1/s1. The summed E-state index contributed by atoms with van der Waals surface area (Å²) in [5.41, 5.74) is 0.935. The van der Waals surface area contributed by atoms with Crippen molar-refractivity contribution in [3.05, 3.63) is 16.8 Å². The van der Waals surface area contributed by atoms with Crippen molar-refractivity contribution < 1.29 is 0 Å². The van der Waals surface area contributed by atoms with Crippen molar-refractivity contribution in [2.75, 3.05) is 30.3 Å². The molecule has 1 fully saturated rings. The van der Waals surface area contributed by atoms with E-state index in [4.69, 9.17) is 16.6 Å². The summed E-state index contributed by atoms with van der Waals surface area (Å²) in [4.78, 5) is 8.40. The highest BCUT2D eigenvalue weighted by atomic mass is 35.5. The molecule has 1 saturated heterocycles. The van der Waals surface area contributed by atoms with Crippen molar-refractivity contribution in [3.63, 3.8) is 0 Å². The van der Waals surface area contributed by atoms with Gasteiger partial charge in [0.15, 0.2) is 0 Å². The fourth-order valence-corrected chi connectivity index (χ4v) is 3.79. The van der Waals surface area contributed by atoms with Crippen LogP contribution in [0.25, 0.3) is 0 Å². The summed E-state index contributed by atoms with van der Waals surface area (Å²) in [6.07, 6.45) is 1.21. The van der Waals surface area contributed by atoms with Gasteiger partial charge in [-0.1, -0.05) is 11.6 Å². The monoisotopic (exact) mass is 269 g/mol. The molecule has 1 N–H and O–H groups in total. The number of pyridine rings is 1. The minimum Gasteiger partial charge on any atom is -0.350 e. The number of piperazine rings is 1. The van der Waals surface area contributed by atoms with E-state index in [2.05, 4.69) is 16.3 Å². The van der Waals surface area contributed by atoms with Gasteiger partial charge in [-0.2, -0.15) is 0 Å². The Kier molecular flexibility index (Phi) is 3.19. The quantitative estimate of drug-likeness (QED) is 0.782. The van der Waals surface area contributed by atoms with E-state index < -0.39 is 0 Å². The highest BCUT2D eigenvalue weighted by Crippen LogP contribution is 2.37. The lowest BCUT2D eigenvalue weighted by Gasteiger charge is -2.36. The Morgan fingerprint density at radius 1 is 1.59 bits per heavy atom. The van der Waals surface area contributed by atoms with Crippen LogP contribution in [0, 0.1) is 6.92 Å². The molecule has 1 atom stereocenters. The van der Waals surface area contributed by atoms with Crippen molar-refractivity contribution in [3.8, 4) is 0 Å². The molecule has 0 radical (unpaired) electrons. The third kappa shape index (κ3) is 2.14. The number of halogens is 1. The lowest BCUT2D eigenvalue weighted by atomic mass is 10.1. The average molecular weight is 270 g/mol. The second-order valence-electron chi connectivity index (χ2n) is 4.57. The highest BCUT2D eigenvalue weighted by Gasteiger charge is 2.28. The van der Waals surface area contributed by atoms with Crippen molar-refractivity contribution in [2.45, 2.75) is 24.3 Å². The molecule has 0 aliphatic carbocycles. The van der Waals surface area contributed by atoms with Crippen LogP contribution in [-0.4, -0.2) is 36.4 Å². The summed E-state index contributed by atoms with van der Waals surface area (Å²) < 4.78 is 0. The van der Waals surface area contributed by atoms with Crippen LogP contribution in [0.1, 0.15) is 12.1 Å². The van der Waals surface area contributed by atoms with Gasteiger partial charge in [-0.05, 0) is 19.4 Å². The first-order valence-electron chi connectivity index (χ1n) is 6.03. The zero-order valence-corrected chi connectivity index (χ0v) is 11.4. The van der Waals surface area contributed by atoms with Crippen LogP contribution in [0.5, 0.6) is 0 Å². The van der Waals surface area contributed by atoms with Gasteiger partial charge in [-0.3, -0.25) is 0 Å². The molecule has 2 aliphatic heterocycles. The van der Waals surface area contributed by atoms with E-state index in [0.29, 0.717) is 6.04 Å². The van der Waals surface area contributed by atoms with Crippen LogP contribution < -0.4 is 10.2 Å². The number of fused-ring (bicyclic) bond motifs is 3. The molecule has 0 amide bonds. The van der Waals surface area contributed by atoms with E-state index in [1.54, 1.807) is 0 Å². The number of aryl methyl sites for hydroxylation is 1. The van der Waals surface area contributed by atoms with E-state index in [1.165, 1.54) is 11.3 Å². The predicted molar refractivity (Wildman–Crippen MR) is 73.3 cm³/mol. The van der Waals surface area contributed by atoms with E-state index in [9.17, 15) is 0 Å². The zero-order valence-electron chi connectivity index (χ0n) is 9.87. The molecule has 0 spiro atoms. The molecule has 3 rings (SSSR count). The number of nitrogens with one attached hydrogen (secondary N) is 1. The number of anilines is 1. The zero-order chi connectivity index (χ0) is 11.8. The third-order valence-electron chi connectivity index (χ3n) is 3.43. The van der Waals surface area contributed by atoms with E-state index in [0.717, 1.165) is 41.9 Å². The Balaban J connectivity index is 2.05. The molecular weight excluding hydrogens is 254 g/mol. The first-order valence-corrected chi connectivity index (χ1v) is 7.39. The molecule has 17 heavy (non-hydrogen) atoms. The topological polar surface area (TPSA) is 28.2 Å². The largest absolute Gasteiger partial charge is 0.350 e. The van der Waals surface area contributed by atoms with Gasteiger partial charge in [-0.15, -0.1) is 11.8 Å². The summed E-state index contributed by atoms with van der Waals surface area (Å²) in [7, 11) is 0. The van der Waals surface area contributed by atoms with Crippen LogP contribution in [0.2, 0.25) is 5.02 Å². The molecule has 5 heteroatoms. The Morgan fingerprint density at radius 2 is 2.47 bits per heavy atom. The van der Waals surface area contributed by atoms with Crippen molar-refractivity contribution in [1.29, 1.82) is 0 Å². The van der Waals surface area contributed by atoms with Crippen LogP contribution in [-0.2, 0) is 0 Å². The minimum absolute atomic E-state index is 0.588. The fourth-order valence-electron chi connectivity index (χ4n) is 2.47. The van der Waals surface area contributed by atoms with E-state index in [1.807, 2.05) is 18.7 Å². The van der Waals surface area contributed by atoms with Crippen molar-refractivity contribution in [1.82, 2.24) is 10.3 Å². The third-order valence-corrected chi connectivity index (χ3v) is 4.86. The molecule has 0 bridgehead atoms. The van der Waals surface area contributed by atoms with Crippen molar-refractivity contribution >= 4 is 29.2 Å². The van der Waals surface area contributed by atoms with Gasteiger partial charge in [0.1, 0.15) is 5.82 Å². The Labute approximate surface area is 111 Å². The lowest BCUT2D eigenvalue weighted by Crippen LogP contribution is -2.51. The predicted octanol–water partition coefficient (Wildman–Crippen LogP) is 2.32. The summed E-state index contributed by atoms with van der Waals surface area (Å²) in [6, 6.07) is 2.67. The highest BCUT2D eigenvalue weighted by molar-refractivity contribution is 7.99. The summed E-state index contributed by atoms with van der Waals surface area (Å²) >= 11 is 8.05. The summed E-state index contributed by atoms with van der Waals surface area (Å²) in [5, 5.41) is 4.25. The van der Waals surface area contributed by atoms with Gasteiger partial charge >= 0.3 is 0 Å². The number of nitrogens with zero attached hydrogens (tertiary/aromatic N) is 2. The molecule has 1 aromatic rings. The molecule has 0 saturated carbocycles. The lowest BCUT2D eigenvalue weighted by molar-refractivity contribution is 0.465. The van der Waals surface area contributed by atoms with Gasteiger partial charge < -0.3 is 10.2 Å². The minimum atomic E-state index is 0.588. The second-order valence-corrected chi connectivity index (χ2v) is 6.11. The Hall–Kier alpha value is -0.450. The number of hydrogen-bond acceptors (Lipinski definition) is 4. The maximum Gasteiger partial charge on any atom is 0.143 e. The molecular formula is C12H16ClN3S. The van der Waals surface area contributed by atoms with Gasteiger partial charge in [0.2, 0.25) is 0 Å². The summed E-state index contributed by atoms with van der Waals surface area (Å²) in [5.74, 6) is 2.29. The number of aromatic nitrogens is 1. The molecule has 2 aliphatic rings. The first kappa shape index (κ1) is 11.6. The smallest absolute Gasteiger partial charge is 0.143 e. The van der Waals surface area contributed by atoms with Crippen molar-refractivity contribution in [2.24, 2.45) is 0 Å². The van der Waals surface area contributed by atoms with Gasteiger partial charge in [0.25, 0.3) is 0 Å². The van der Waals surface area contributed by atoms with E-state index >= 15 is 0 Å². The van der Waals surface area contributed by atoms with Gasteiger partial charge in [-0.25, -0.2) is 4.98 Å². The van der Waals surface area contributed by atoms with Crippen LogP contribution in [0.3, 0.4) is 0 Å². The fraction of sp³-hybridized carbons (Fsp3) is 0.583. The molecule has 3 nitrogen and oxygen atoms in total. The molecule has 92 valence electrons. The second kappa shape index (κ2) is 4.67. The molecule has 0 unspecified atom stereocenters. The SMILES string of the molecule is Cc1nc2c(cc1Cl)SCC[C@@H]1CNCCN21. The van der Waals surface area contributed by atoms with E-state index in [-0.39, 0.29) is 0 Å². The Morgan fingerprint density at radius 3 is 3.35 bits per heavy atom. The van der Waals surface area contributed by atoms with Crippen LogP contribution in [0.4, 0.5) is 5.82 Å². The number of thioether (sulfide) groups is 1. The normalized spacial score (nSPS) is 23.9. The molecule has 3 heterocycles. The molecule has 1 aromatic heterocycles. The van der Waals surface area contributed by atoms with Gasteiger partial charge in [0.05, 0.1) is 15.6 Å². The maximum absolute atomic E-state index is 6.17. The first-order chi connectivity index (χ1) is 8.25. The molecule has 0 aromatic carbocycles. The maximum atomic E-state index is 6.17. The van der Waals surface area contributed by atoms with Crippen LogP contribution >= 0.6 is 23.4 Å². The number of rotatable bonds is 0. The average Bonchev–Trinajstić information content (AvgIpc) is 2.50. The van der Waals surface area contributed by atoms with Crippen LogP contribution in [0.15, 0.2) is 11.0 Å².